The summed E-state index contributed by atoms with van der Waals surface area (Å²) in [5.74, 6) is 0.898. The fourth-order valence-corrected chi connectivity index (χ4v) is 2.77. The van der Waals surface area contributed by atoms with Crippen LogP contribution in [-0.4, -0.2) is 33.3 Å². The minimum absolute atomic E-state index is 0.857. The number of benzene rings is 2. The van der Waals surface area contributed by atoms with Gasteiger partial charge in [-0.15, -0.1) is 0 Å². The standard InChI is InChI=1S/C17H21N3O/c1-21-15-8-6-14(7-9-15)19-10-12-20(13-11-19)17-5-3-2-4-16(17)18/h2-9H,10-13,18H2,1H3. The van der Waals surface area contributed by atoms with Gasteiger partial charge in [0.25, 0.3) is 0 Å². The molecular formula is C17H21N3O. The molecule has 4 heteroatoms. The van der Waals surface area contributed by atoms with Gasteiger partial charge in [-0.25, -0.2) is 0 Å². The van der Waals surface area contributed by atoms with Crippen LogP contribution in [0.5, 0.6) is 5.75 Å². The lowest BCUT2D eigenvalue weighted by Crippen LogP contribution is -2.46. The molecule has 0 aliphatic carbocycles. The molecule has 21 heavy (non-hydrogen) atoms. The molecule has 2 aromatic rings. The van der Waals surface area contributed by atoms with Gasteiger partial charge < -0.3 is 20.3 Å². The summed E-state index contributed by atoms with van der Waals surface area (Å²) in [6.07, 6.45) is 0. The number of hydrogen-bond donors (Lipinski definition) is 1. The Morgan fingerprint density at radius 3 is 2.10 bits per heavy atom. The van der Waals surface area contributed by atoms with Crippen molar-refractivity contribution in [3.63, 3.8) is 0 Å². The topological polar surface area (TPSA) is 41.7 Å². The lowest BCUT2D eigenvalue weighted by atomic mass is 10.2. The number of anilines is 3. The molecular weight excluding hydrogens is 262 g/mol. The first-order valence-corrected chi connectivity index (χ1v) is 7.26. The van der Waals surface area contributed by atoms with Crippen molar-refractivity contribution in [2.75, 3.05) is 48.8 Å². The summed E-state index contributed by atoms with van der Waals surface area (Å²) in [5, 5.41) is 0. The zero-order chi connectivity index (χ0) is 14.7. The van der Waals surface area contributed by atoms with Crippen molar-refractivity contribution in [2.45, 2.75) is 0 Å². The molecule has 4 nitrogen and oxygen atoms in total. The van der Waals surface area contributed by atoms with Crippen molar-refractivity contribution >= 4 is 17.1 Å². The second-order valence-corrected chi connectivity index (χ2v) is 5.23. The molecule has 1 saturated heterocycles. The number of rotatable bonds is 3. The molecule has 1 aliphatic heterocycles. The first-order chi connectivity index (χ1) is 10.3. The Labute approximate surface area is 125 Å². The highest BCUT2D eigenvalue weighted by atomic mass is 16.5. The van der Waals surface area contributed by atoms with Crippen LogP contribution in [0.25, 0.3) is 0 Å². The van der Waals surface area contributed by atoms with Crippen LogP contribution in [0, 0.1) is 0 Å². The van der Waals surface area contributed by atoms with E-state index in [2.05, 4.69) is 28.0 Å². The Kier molecular flexibility index (Phi) is 3.86. The molecule has 3 rings (SSSR count). The lowest BCUT2D eigenvalue weighted by molar-refractivity contribution is 0.415. The van der Waals surface area contributed by atoms with E-state index < -0.39 is 0 Å². The Hall–Kier alpha value is -2.36. The lowest BCUT2D eigenvalue weighted by Gasteiger charge is -2.37. The van der Waals surface area contributed by atoms with Gasteiger partial charge in [-0.05, 0) is 36.4 Å². The van der Waals surface area contributed by atoms with Crippen LogP contribution in [0.4, 0.5) is 17.1 Å². The van der Waals surface area contributed by atoms with Gasteiger partial charge in [0, 0.05) is 31.9 Å². The van der Waals surface area contributed by atoms with Crippen molar-refractivity contribution in [2.24, 2.45) is 0 Å². The van der Waals surface area contributed by atoms with Crippen molar-refractivity contribution < 1.29 is 4.74 Å². The SMILES string of the molecule is COc1ccc(N2CCN(c3ccccc3N)CC2)cc1. The molecule has 0 bridgehead atoms. The predicted molar refractivity (Wildman–Crippen MR) is 88.3 cm³/mol. The van der Waals surface area contributed by atoms with Crippen LogP contribution < -0.4 is 20.3 Å². The maximum atomic E-state index is 6.06. The molecule has 1 fully saturated rings. The summed E-state index contributed by atoms with van der Waals surface area (Å²) in [6.45, 7) is 3.97. The normalized spacial score (nSPS) is 15.1. The summed E-state index contributed by atoms with van der Waals surface area (Å²) >= 11 is 0. The van der Waals surface area contributed by atoms with Crippen molar-refractivity contribution in [1.82, 2.24) is 0 Å². The van der Waals surface area contributed by atoms with Gasteiger partial charge in [-0.1, -0.05) is 12.1 Å². The Morgan fingerprint density at radius 1 is 0.857 bits per heavy atom. The number of para-hydroxylation sites is 2. The van der Waals surface area contributed by atoms with E-state index in [1.165, 1.54) is 5.69 Å². The van der Waals surface area contributed by atoms with E-state index in [0.29, 0.717) is 0 Å². The van der Waals surface area contributed by atoms with E-state index in [0.717, 1.165) is 43.3 Å². The van der Waals surface area contributed by atoms with Gasteiger partial charge >= 0.3 is 0 Å². The minimum Gasteiger partial charge on any atom is -0.497 e. The van der Waals surface area contributed by atoms with Crippen LogP contribution in [-0.2, 0) is 0 Å². The van der Waals surface area contributed by atoms with Gasteiger partial charge in [0.1, 0.15) is 5.75 Å². The molecule has 0 aromatic heterocycles. The van der Waals surface area contributed by atoms with Gasteiger partial charge in [0.05, 0.1) is 18.5 Å². The highest BCUT2D eigenvalue weighted by Gasteiger charge is 2.18. The Bertz CT molecular complexity index is 589. The van der Waals surface area contributed by atoms with Gasteiger partial charge in [0.15, 0.2) is 0 Å². The maximum Gasteiger partial charge on any atom is 0.119 e. The number of methoxy groups -OCH3 is 1. The monoisotopic (exact) mass is 283 g/mol. The summed E-state index contributed by atoms with van der Waals surface area (Å²) < 4.78 is 5.20. The van der Waals surface area contributed by atoms with Crippen molar-refractivity contribution in [3.8, 4) is 5.75 Å². The smallest absolute Gasteiger partial charge is 0.119 e. The van der Waals surface area contributed by atoms with Crippen LogP contribution in [0.3, 0.4) is 0 Å². The zero-order valence-electron chi connectivity index (χ0n) is 12.3. The predicted octanol–water partition coefficient (Wildman–Crippen LogP) is 2.60. The molecule has 0 amide bonds. The molecule has 2 N–H and O–H groups in total. The summed E-state index contributed by atoms with van der Waals surface area (Å²) in [4.78, 5) is 4.75. The molecule has 0 atom stereocenters. The quantitative estimate of drug-likeness (QED) is 0.879. The van der Waals surface area contributed by atoms with Crippen LogP contribution in [0.1, 0.15) is 0 Å². The number of hydrogen-bond acceptors (Lipinski definition) is 4. The number of nitrogens with two attached hydrogens (primary N) is 1. The highest BCUT2D eigenvalue weighted by molar-refractivity contribution is 5.68. The number of ether oxygens (including phenoxy) is 1. The number of piperazine rings is 1. The summed E-state index contributed by atoms with van der Waals surface area (Å²) in [6, 6.07) is 16.3. The third-order valence-electron chi connectivity index (χ3n) is 3.99. The van der Waals surface area contributed by atoms with Gasteiger partial charge in [0.2, 0.25) is 0 Å². The second kappa shape index (κ2) is 5.95. The van der Waals surface area contributed by atoms with E-state index in [9.17, 15) is 0 Å². The zero-order valence-corrected chi connectivity index (χ0v) is 12.3. The first kappa shape index (κ1) is 13.6. The third kappa shape index (κ3) is 2.89. The molecule has 1 aliphatic rings. The second-order valence-electron chi connectivity index (χ2n) is 5.23. The number of nitrogens with zero attached hydrogens (tertiary/aromatic N) is 2. The average Bonchev–Trinajstić information content (AvgIpc) is 2.56. The minimum atomic E-state index is 0.857. The van der Waals surface area contributed by atoms with Gasteiger partial charge in [-0.3, -0.25) is 0 Å². The van der Waals surface area contributed by atoms with E-state index in [-0.39, 0.29) is 0 Å². The van der Waals surface area contributed by atoms with Crippen LogP contribution in [0.15, 0.2) is 48.5 Å². The molecule has 0 unspecified atom stereocenters. The molecule has 2 aromatic carbocycles. The number of nitrogen functional groups attached to an aromatic ring is 1. The highest BCUT2D eigenvalue weighted by Crippen LogP contribution is 2.26. The molecule has 1 heterocycles. The largest absolute Gasteiger partial charge is 0.497 e. The average molecular weight is 283 g/mol. The van der Waals surface area contributed by atoms with Gasteiger partial charge in [-0.2, -0.15) is 0 Å². The Balaban J connectivity index is 1.66. The van der Waals surface area contributed by atoms with E-state index in [1.54, 1.807) is 7.11 Å². The molecule has 0 spiro atoms. The summed E-state index contributed by atoms with van der Waals surface area (Å²) in [7, 11) is 1.69. The summed E-state index contributed by atoms with van der Waals surface area (Å²) in [5.41, 5.74) is 9.31. The van der Waals surface area contributed by atoms with Crippen molar-refractivity contribution in [3.05, 3.63) is 48.5 Å². The fourth-order valence-electron chi connectivity index (χ4n) is 2.77. The Morgan fingerprint density at radius 2 is 1.48 bits per heavy atom. The molecule has 0 radical (unpaired) electrons. The molecule has 110 valence electrons. The third-order valence-corrected chi connectivity index (χ3v) is 3.99. The van der Waals surface area contributed by atoms with Crippen molar-refractivity contribution in [1.29, 1.82) is 0 Å². The first-order valence-electron chi connectivity index (χ1n) is 7.26. The van der Waals surface area contributed by atoms with E-state index >= 15 is 0 Å². The van der Waals surface area contributed by atoms with E-state index in [1.807, 2.05) is 30.3 Å². The van der Waals surface area contributed by atoms with E-state index in [4.69, 9.17) is 10.5 Å². The maximum absolute atomic E-state index is 6.06. The van der Waals surface area contributed by atoms with Crippen LogP contribution in [0.2, 0.25) is 0 Å². The molecule has 0 saturated carbocycles. The van der Waals surface area contributed by atoms with Crippen LogP contribution >= 0.6 is 0 Å². The fraction of sp³-hybridized carbons (Fsp3) is 0.294.